The van der Waals surface area contributed by atoms with Crippen molar-refractivity contribution in [3.63, 3.8) is 0 Å². The molecule has 0 bridgehead atoms. The molecular weight excluding hydrogens is 266 g/mol. The minimum absolute atomic E-state index is 0.285. The maximum Gasteiger partial charge on any atom is 0.122 e. The second kappa shape index (κ2) is 5.98. The lowest BCUT2D eigenvalue weighted by Crippen LogP contribution is -2.17. The average molecular weight is 287 g/mol. The highest BCUT2D eigenvalue weighted by molar-refractivity contribution is 7.12. The molecule has 1 aromatic carbocycles. The molecule has 106 valence electrons. The second-order valence-corrected chi connectivity index (χ2v) is 6.40. The minimum atomic E-state index is 0.285. The van der Waals surface area contributed by atoms with Gasteiger partial charge in [0.15, 0.2) is 0 Å². The molecule has 1 aromatic heterocycles. The van der Waals surface area contributed by atoms with E-state index in [9.17, 15) is 0 Å². The standard InChI is InChI=1S/C17H21NOS/c1-3-14-7-9-16(20-14)17(18-2)13-6-8-15-12(11-13)5-4-10-19-15/h6-9,11,17-18H,3-5,10H2,1-2H3. The molecule has 1 unspecified atom stereocenters. The van der Waals surface area contributed by atoms with Gasteiger partial charge in [-0.05, 0) is 55.6 Å². The fourth-order valence-corrected chi connectivity index (χ4v) is 3.86. The van der Waals surface area contributed by atoms with Crippen LogP contribution in [0.3, 0.4) is 0 Å². The third-order valence-electron chi connectivity index (χ3n) is 3.87. The van der Waals surface area contributed by atoms with Gasteiger partial charge in [0, 0.05) is 9.75 Å². The number of fused-ring (bicyclic) bond motifs is 1. The van der Waals surface area contributed by atoms with E-state index < -0.39 is 0 Å². The van der Waals surface area contributed by atoms with Gasteiger partial charge in [-0.25, -0.2) is 0 Å². The monoisotopic (exact) mass is 287 g/mol. The molecule has 0 radical (unpaired) electrons. The van der Waals surface area contributed by atoms with Gasteiger partial charge >= 0.3 is 0 Å². The predicted molar refractivity (Wildman–Crippen MR) is 84.9 cm³/mol. The molecule has 3 heteroatoms. The van der Waals surface area contributed by atoms with Crippen molar-refractivity contribution in [2.45, 2.75) is 32.2 Å². The highest BCUT2D eigenvalue weighted by Crippen LogP contribution is 2.32. The van der Waals surface area contributed by atoms with Crippen molar-refractivity contribution in [2.75, 3.05) is 13.7 Å². The Hall–Kier alpha value is -1.32. The Bertz CT molecular complexity index is 590. The van der Waals surface area contributed by atoms with Gasteiger partial charge in [0.1, 0.15) is 5.75 Å². The molecule has 1 aliphatic heterocycles. The summed E-state index contributed by atoms with van der Waals surface area (Å²) in [6.07, 6.45) is 3.36. The molecule has 0 fully saturated rings. The lowest BCUT2D eigenvalue weighted by atomic mass is 9.98. The smallest absolute Gasteiger partial charge is 0.122 e. The Morgan fingerprint density at radius 3 is 2.95 bits per heavy atom. The van der Waals surface area contributed by atoms with Crippen LogP contribution in [0, 0.1) is 0 Å². The lowest BCUT2D eigenvalue weighted by molar-refractivity contribution is 0.288. The van der Waals surface area contributed by atoms with Crippen molar-refractivity contribution in [2.24, 2.45) is 0 Å². The van der Waals surface area contributed by atoms with Crippen LogP contribution in [0.2, 0.25) is 0 Å². The van der Waals surface area contributed by atoms with E-state index in [1.165, 1.54) is 20.9 Å². The predicted octanol–water partition coefficient (Wildman–Crippen LogP) is 3.94. The van der Waals surface area contributed by atoms with Crippen LogP contribution in [0.1, 0.15) is 40.3 Å². The van der Waals surface area contributed by atoms with Crippen LogP contribution in [0.4, 0.5) is 0 Å². The third-order valence-corrected chi connectivity index (χ3v) is 5.16. The number of hydrogen-bond acceptors (Lipinski definition) is 3. The van der Waals surface area contributed by atoms with E-state index in [1.807, 2.05) is 18.4 Å². The quantitative estimate of drug-likeness (QED) is 0.919. The fraction of sp³-hybridized carbons (Fsp3) is 0.412. The van der Waals surface area contributed by atoms with E-state index in [1.54, 1.807) is 0 Å². The van der Waals surface area contributed by atoms with Crippen molar-refractivity contribution in [3.05, 3.63) is 51.2 Å². The summed E-state index contributed by atoms with van der Waals surface area (Å²) >= 11 is 1.90. The second-order valence-electron chi connectivity index (χ2n) is 5.20. The highest BCUT2D eigenvalue weighted by Gasteiger charge is 2.17. The van der Waals surface area contributed by atoms with Gasteiger partial charge in [0.2, 0.25) is 0 Å². The molecule has 1 aliphatic rings. The van der Waals surface area contributed by atoms with Crippen LogP contribution in [0.15, 0.2) is 30.3 Å². The largest absolute Gasteiger partial charge is 0.493 e. The zero-order chi connectivity index (χ0) is 13.9. The van der Waals surface area contributed by atoms with E-state index in [-0.39, 0.29) is 6.04 Å². The van der Waals surface area contributed by atoms with E-state index in [4.69, 9.17) is 4.74 Å². The fourth-order valence-electron chi connectivity index (χ4n) is 2.77. The van der Waals surface area contributed by atoms with Gasteiger partial charge in [-0.2, -0.15) is 0 Å². The third kappa shape index (κ3) is 2.60. The Kier molecular flexibility index (Phi) is 4.08. The molecule has 1 atom stereocenters. The van der Waals surface area contributed by atoms with Crippen molar-refractivity contribution in [1.82, 2.24) is 5.32 Å². The molecular formula is C17H21NOS. The Morgan fingerprint density at radius 1 is 1.30 bits per heavy atom. The maximum atomic E-state index is 5.70. The van der Waals surface area contributed by atoms with Gasteiger partial charge in [-0.3, -0.25) is 0 Å². The Labute approximate surface area is 124 Å². The van der Waals surface area contributed by atoms with Gasteiger partial charge in [0.25, 0.3) is 0 Å². The van der Waals surface area contributed by atoms with Gasteiger partial charge in [-0.1, -0.05) is 19.1 Å². The van der Waals surface area contributed by atoms with Crippen LogP contribution >= 0.6 is 11.3 Å². The van der Waals surface area contributed by atoms with E-state index in [0.29, 0.717) is 0 Å². The number of aryl methyl sites for hydroxylation is 2. The van der Waals surface area contributed by atoms with Crippen LogP contribution in [0.5, 0.6) is 5.75 Å². The Balaban J connectivity index is 1.92. The summed E-state index contributed by atoms with van der Waals surface area (Å²) in [7, 11) is 2.03. The first kappa shape index (κ1) is 13.7. The topological polar surface area (TPSA) is 21.3 Å². The SMILES string of the molecule is CCc1ccc(C(NC)c2ccc3c(c2)CCCO3)s1. The van der Waals surface area contributed by atoms with Crippen LogP contribution in [-0.2, 0) is 12.8 Å². The van der Waals surface area contributed by atoms with Crippen LogP contribution < -0.4 is 10.1 Å². The molecule has 1 N–H and O–H groups in total. The average Bonchev–Trinajstić information content (AvgIpc) is 2.97. The first-order chi connectivity index (χ1) is 9.81. The molecule has 0 amide bonds. The summed E-state index contributed by atoms with van der Waals surface area (Å²) in [5, 5.41) is 3.45. The zero-order valence-corrected chi connectivity index (χ0v) is 12.9. The molecule has 0 spiro atoms. The molecule has 20 heavy (non-hydrogen) atoms. The zero-order valence-electron chi connectivity index (χ0n) is 12.1. The first-order valence-electron chi connectivity index (χ1n) is 7.33. The molecule has 3 rings (SSSR count). The summed E-state index contributed by atoms with van der Waals surface area (Å²) < 4.78 is 5.70. The summed E-state index contributed by atoms with van der Waals surface area (Å²) in [5.41, 5.74) is 2.68. The van der Waals surface area contributed by atoms with E-state index >= 15 is 0 Å². The first-order valence-corrected chi connectivity index (χ1v) is 8.15. The normalized spacial score (nSPS) is 15.5. The lowest BCUT2D eigenvalue weighted by Gasteiger charge is -2.21. The number of ether oxygens (including phenoxy) is 1. The molecule has 0 saturated carbocycles. The maximum absolute atomic E-state index is 5.70. The van der Waals surface area contributed by atoms with E-state index in [0.717, 1.165) is 31.6 Å². The summed E-state index contributed by atoms with van der Waals surface area (Å²) in [6, 6.07) is 11.4. The molecule has 2 heterocycles. The summed E-state index contributed by atoms with van der Waals surface area (Å²) in [4.78, 5) is 2.84. The van der Waals surface area contributed by atoms with Crippen molar-refractivity contribution in [1.29, 1.82) is 0 Å². The number of nitrogens with one attached hydrogen (secondary N) is 1. The van der Waals surface area contributed by atoms with Crippen molar-refractivity contribution < 1.29 is 4.74 Å². The number of hydrogen-bond donors (Lipinski definition) is 1. The number of thiophene rings is 1. The van der Waals surface area contributed by atoms with Crippen molar-refractivity contribution >= 4 is 11.3 Å². The summed E-state index contributed by atoms with van der Waals surface area (Å²) in [5.74, 6) is 1.07. The van der Waals surface area contributed by atoms with Crippen LogP contribution in [-0.4, -0.2) is 13.7 Å². The van der Waals surface area contributed by atoms with Crippen molar-refractivity contribution in [3.8, 4) is 5.75 Å². The Morgan fingerprint density at radius 2 is 2.20 bits per heavy atom. The molecule has 2 nitrogen and oxygen atoms in total. The number of benzene rings is 1. The summed E-state index contributed by atoms with van der Waals surface area (Å²) in [6.45, 7) is 3.06. The number of rotatable bonds is 4. The molecule has 2 aromatic rings. The van der Waals surface area contributed by atoms with Crippen LogP contribution in [0.25, 0.3) is 0 Å². The van der Waals surface area contributed by atoms with Gasteiger partial charge in [0.05, 0.1) is 12.6 Å². The minimum Gasteiger partial charge on any atom is -0.493 e. The van der Waals surface area contributed by atoms with Gasteiger partial charge < -0.3 is 10.1 Å². The van der Waals surface area contributed by atoms with Gasteiger partial charge in [-0.15, -0.1) is 11.3 Å². The molecule has 0 saturated heterocycles. The van der Waals surface area contributed by atoms with E-state index in [2.05, 4.69) is 42.6 Å². The molecule has 0 aliphatic carbocycles. The highest BCUT2D eigenvalue weighted by atomic mass is 32.1.